The molecule has 0 saturated heterocycles. The lowest BCUT2D eigenvalue weighted by Gasteiger charge is -2.25. The Morgan fingerprint density at radius 3 is 1.58 bits per heavy atom. The largest absolute Gasteiger partial charge is 0.416 e. The van der Waals surface area contributed by atoms with Crippen LogP contribution in [0.25, 0.3) is 0 Å². The summed E-state index contributed by atoms with van der Waals surface area (Å²) in [5.41, 5.74) is 1.75. The lowest BCUT2D eigenvalue weighted by atomic mass is 10.1. The molecule has 0 radical (unpaired) electrons. The van der Waals surface area contributed by atoms with Crippen LogP contribution in [0.4, 0.5) is 30.2 Å². The first-order valence-electron chi connectivity index (χ1n) is 7.23. The zero-order chi connectivity index (χ0) is 17.2. The van der Waals surface area contributed by atoms with Crippen LogP contribution in [0, 0.1) is 0 Å². The highest BCUT2D eigenvalue weighted by atomic mass is 79.9. The van der Waals surface area contributed by atoms with E-state index in [1.807, 2.05) is 59.5 Å². The van der Waals surface area contributed by atoms with Crippen LogP contribution in [0.5, 0.6) is 0 Å². The van der Waals surface area contributed by atoms with Gasteiger partial charge in [0, 0.05) is 21.5 Å². The third-order valence-electron chi connectivity index (χ3n) is 3.55. The Hall–Kier alpha value is -2.27. The number of nitrogens with zero attached hydrogens (tertiary/aromatic N) is 1. The van der Waals surface area contributed by atoms with Crippen LogP contribution < -0.4 is 4.90 Å². The highest BCUT2D eigenvalue weighted by molar-refractivity contribution is 9.10. The molecule has 122 valence electrons. The Kier molecular flexibility index (Phi) is 4.62. The number of halogens is 4. The minimum Gasteiger partial charge on any atom is -0.311 e. The molecular formula is C19H13BrF3N. The zero-order valence-electron chi connectivity index (χ0n) is 12.5. The molecule has 0 spiro atoms. The Bertz CT molecular complexity index is 797. The summed E-state index contributed by atoms with van der Waals surface area (Å²) in [6.07, 6.45) is -4.34. The third kappa shape index (κ3) is 3.62. The summed E-state index contributed by atoms with van der Waals surface area (Å²) in [6, 6.07) is 22.3. The quantitative estimate of drug-likeness (QED) is 0.467. The normalized spacial score (nSPS) is 11.3. The van der Waals surface area contributed by atoms with Crippen LogP contribution in [0.3, 0.4) is 0 Å². The van der Waals surface area contributed by atoms with E-state index < -0.39 is 11.7 Å². The molecule has 1 nitrogen and oxygen atoms in total. The highest BCUT2D eigenvalue weighted by Crippen LogP contribution is 2.37. The second-order valence-electron chi connectivity index (χ2n) is 5.19. The van der Waals surface area contributed by atoms with Gasteiger partial charge in [-0.25, -0.2) is 0 Å². The van der Waals surface area contributed by atoms with Crippen molar-refractivity contribution in [3.63, 3.8) is 0 Å². The van der Waals surface area contributed by atoms with E-state index in [9.17, 15) is 13.2 Å². The minimum atomic E-state index is -4.34. The van der Waals surface area contributed by atoms with Gasteiger partial charge in [0.15, 0.2) is 0 Å². The molecule has 0 bridgehead atoms. The summed E-state index contributed by atoms with van der Waals surface area (Å²) in [6.45, 7) is 0. The van der Waals surface area contributed by atoms with E-state index in [0.717, 1.165) is 28.0 Å². The van der Waals surface area contributed by atoms with Crippen LogP contribution in [0.15, 0.2) is 83.3 Å². The molecule has 0 atom stereocenters. The standard InChI is InChI=1S/C19H13BrF3N/c20-15-8-12-18(13-9-15)24(16-4-2-1-3-5-16)17-10-6-14(7-11-17)19(21,22)23/h1-13H. The molecule has 0 aliphatic heterocycles. The molecule has 3 aromatic carbocycles. The first-order valence-corrected chi connectivity index (χ1v) is 8.02. The molecule has 24 heavy (non-hydrogen) atoms. The number of benzene rings is 3. The van der Waals surface area contributed by atoms with Crippen molar-refractivity contribution < 1.29 is 13.2 Å². The highest BCUT2D eigenvalue weighted by Gasteiger charge is 2.30. The van der Waals surface area contributed by atoms with E-state index in [4.69, 9.17) is 0 Å². The van der Waals surface area contributed by atoms with Gasteiger partial charge in [0.25, 0.3) is 0 Å². The van der Waals surface area contributed by atoms with Crippen LogP contribution >= 0.6 is 15.9 Å². The predicted molar refractivity (Wildman–Crippen MR) is 93.8 cm³/mol. The van der Waals surface area contributed by atoms with E-state index in [1.165, 1.54) is 12.1 Å². The van der Waals surface area contributed by atoms with Crippen molar-refractivity contribution >= 4 is 33.0 Å². The summed E-state index contributed by atoms with van der Waals surface area (Å²) in [5, 5.41) is 0. The van der Waals surface area contributed by atoms with Crippen molar-refractivity contribution in [2.45, 2.75) is 6.18 Å². The summed E-state index contributed by atoms with van der Waals surface area (Å²) in [7, 11) is 0. The van der Waals surface area contributed by atoms with Crippen molar-refractivity contribution in [3.05, 3.63) is 88.9 Å². The van der Waals surface area contributed by atoms with E-state index in [1.54, 1.807) is 0 Å². The number of anilines is 3. The van der Waals surface area contributed by atoms with Crippen LogP contribution in [0.1, 0.15) is 5.56 Å². The minimum absolute atomic E-state index is 0.657. The van der Waals surface area contributed by atoms with E-state index in [2.05, 4.69) is 15.9 Å². The summed E-state index contributed by atoms with van der Waals surface area (Å²) in [5.74, 6) is 0. The van der Waals surface area contributed by atoms with Gasteiger partial charge >= 0.3 is 6.18 Å². The van der Waals surface area contributed by atoms with Gasteiger partial charge in [-0.15, -0.1) is 0 Å². The molecule has 0 unspecified atom stereocenters. The van der Waals surface area contributed by atoms with Gasteiger partial charge in [-0.2, -0.15) is 13.2 Å². The van der Waals surface area contributed by atoms with Crippen LogP contribution in [0.2, 0.25) is 0 Å². The van der Waals surface area contributed by atoms with Crippen molar-refractivity contribution in [1.29, 1.82) is 0 Å². The number of hydrogen-bond acceptors (Lipinski definition) is 1. The van der Waals surface area contributed by atoms with Crippen molar-refractivity contribution in [2.24, 2.45) is 0 Å². The van der Waals surface area contributed by atoms with Gasteiger partial charge in [0.1, 0.15) is 0 Å². The van der Waals surface area contributed by atoms with Gasteiger partial charge in [0.05, 0.1) is 5.56 Å². The molecule has 0 heterocycles. The molecule has 0 aromatic heterocycles. The van der Waals surface area contributed by atoms with E-state index >= 15 is 0 Å². The number of hydrogen-bond donors (Lipinski definition) is 0. The van der Waals surface area contributed by atoms with Crippen LogP contribution in [-0.4, -0.2) is 0 Å². The second-order valence-corrected chi connectivity index (χ2v) is 6.11. The Labute approximate surface area is 146 Å². The van der Waals surface area contributed by atoms with Gasteiger partial charge in [-0.1, -0.05) is 34.1 Å². The first kappa shape index (κ1) is 16.6. The van der Waals surface area contributed by atoms with Gasteiger partial charge in [0.2, 0.25) is 0 Å². The summed E-state index contributed by atoms with van der Waals surface area (Å²) < 4.78 is 39.3. The molecule has 3 aromatic rings. The monoisotopic (exact) mass is 391 g/mol. The number of para-hydroxylation sites is 1. The third-order valence-corrected chi connectivity index (χ3v) is 4.08. The average molecular weight is 392 g/mol. The smallest absolute Gasteiger partial charge is 0.311 e. The maximum Gasteiger partial charge on any atom is 0.416 e. The average Bonchev–Trinajstić information content (AvgIpc) is 2.58. The van der Waals surface area contributed by atoms with E-state index in [-0.39, 0.29) is 0 Å². The topological polar surface area (TPSA) is 3.24 Å². The lowest BCUT2D eigenvalue weighted by molar-refractivity contribution is -0.137. The SMILES string of the molecule is FC(F)(F)c1ccc(N(c2ccccc2)c2ccc(Br)cc2)cc1. The Balaban J connectivity index is 2.06. The first-order chi connectivity index (χ1) is 11.4. The number of alkyl halides is 3. The molecule has 3 rings (SSSR count). The Morgan fingerprint density at radius 2 is 1.08 bits per heavy atom. The fraction of sp³-hybridized carbons (Fsp3) is 0.0526. The molecule has 5 heteroatoms. The van der Waals surface area contributed by atoms with E-state index in [0.29, 0.717) is 5.69 Å². The van der Waals surface area contributed by atoms with Gasteiger partial charge in [-0.05, 0) is 60.7 Å². The maximum atomic E-state index is 12.8. The molecule has 0 aliphatic carbocycles. The van der Waals surface area contributed by atoms with Crippen LogP contribution in [-0.2, 0) is 6.18 Å². The molecule has 0 fully saturated rings. The lowest BCUT2D eigenvalue weighted by Crippen LogP contribution is -2.11. The molecule has 0 N–H and O–H groups in total. The summed E-state index contributed by atoms with van der Waals surface area (Å²) >= 11 is 3.39. The molecule has 0 saturated carbocycles. The van der Waals surface area contributed by atoms with Crippen molar-refractivity contribution in [1.82, 2.24) is 0 Å². The van der Waals surface area contributed by atoms with Gasteiger partial charge in [-0.3, -0.25) is 0 Å². The fourth-order valence-electron chi connectivity index (χ4n) is 2.41. The van der Waals surface area contributed by atoms with Crippen molar-refractivity contribution in [3.8, 4) is 0 Å². The van der Waals surface area contributed by atoms with Crippen molar-refractivity contribution in [2.75, 3.05) is 4.90 Å². The van der Waals surface area contributed by atoms with Gasteiger partial charge < -0.3 is 4.90 Å². The fourth-order valence-corrected chi connectivity index (χ4v) is 2.68. The second kappa shape index (κ2) is 6.69. The Morgan fingerprint density at radius 1 is 0.625 bits per heavy atom. The number of rotatable bonds is 3. The zero-order valence-corrected chi connectivity index (χ0v) is 14.1. The predicted octanol–water partition coefficient (Wildman–Crippen LogP) is 6.94. The molecule has 0 aliphatic rings. The maximum absolute atomic E-state index is 12.8. The molecule has 0 amide bonds. The molecular weight excluding hydrogens is 379 g/mol. The summed E-state index contributed by atoms with van der Waals surface area (Å²) in [4.78, 5) is 1.91.